The molecule has 0 heterocycles. The summed E-state index contributed by atoms with van der Waals surface area (Å²) in [5.41, 5.74) is 0. The van der Waals surface area contributed by atoms with E-state index in [2.05, 4.69) is 5.23 Å². The maximum atomic E-state index is 7.77. The summed E-state index contributed by atoms with van der Waals surface area (Å²) in [5.74, 6) is -0.123. The molecular weight excluding hydrogens is 121 g/mol. The second-order valence-corrected chi connectivity index (χ2v) is 2.86. The molecule has 2 heteroatoms. The van der Waals surface area contributed by atoms with Crippen molar-refractivity contribution in [3.63, 3.8) is 0 Å². The van der Waals surface area contributed by atoms with Crippen molar-refractivity contribution in [2.45, 2.75) is 38.7 Å². The number of hydrogen-bond donors (Lipinski definition) is 1. The van der Waals surface area contributed by atoms with Crippen LogP contribution in [-0.2, 0) is 0 Å². The molecule has 0 aromatic carbocycles. The second kappa shape index (κ2) is 4.02. The van der Waals surface area contributed by atoms with E-state index in [1.807, 2.05) is 13.9 Å². The van der Waals surface area contributed by atoms with Crippen LogP contribution in [0.1, 0.15) is 31.1 Å². The summed E-state index contributed by atoms with van der Waals surface area (Å²) in [6, 6.07) is 0. The normalized spacial score (nSPS) is 60.4. The Labute approximate surface area is 70.3 Å². The Balaban J connectivity index is 2.60. The predicted octanol–water partition coefficient (Wildman–Crippen LogP) is 2.02. The molecule has 0 saturated heterocycles. The van der Waals surface area contributed by atoms with E-state index in [1.54, 1.807) is 0 Å². The molecule has 0 aromatic rings. The molecule has 1 rings (SSSR count). The molecule has 4 unspecified atom stereocenters. The Bertz CT molecular complexity index is 180. The van der Waals surface area contributed by atoms with Crippen LogP contribution < -0.4 is 5.23 Å². The first-order valence-corrected chi connectivity index (χ1v) is 3.85. The fraction of sp³-hybridized carbons (Fsp3) is 1.00. The summed E-state index contributed by atoms with van der Waals surface area (Å²) in [7, 11) is 1.86. The van der Waals surface area contributed by atoms with Gasteiger partial charge in [0.05, 0.1) is 0 Å². The van der Waals surface area contributed by atoms with Crippen LogP contribution in [0.15, 0.2) is 0 Å². The van der Waals surface area contributed by atoms with Gasteiger partial charge >= 0.3 is 0 Å². The van der Waals surface area contributed by atoms with Crippen LogP contribution in [-0.4, -0.2) is 13.9 Å². The molecule has 0 bridgehead atoms. The van der Waals surface area contributed by atoms with Crippen LogP contribution in [0.2, 0.25) is 13.1 Å². The van der Waals surface area contributed by atoms with Gasteiger partial charge in [0.25, 0.3) is 0 Å². The Morgan fingerprint density at radius 1 is 1.60 bits per heavy atom. The fourth-order valence-electron chi connectivity index (χ4n) is 1.16. The third-order valence-corrected chi connectivity index (χ3v) is 1.95. The summed E-state index contributed by atoms with van der Waals surface area (Å²) in [4.78, 5) is 0. The number of nitrogens with one attached hydrogen (secondary N) is 1. The van der Waals surface area contributed by atoms with Gasteiger partial charge in [0, 0.05) is 5.48 Å². The van der Waals surface area contributed by atoms with Gasteiger partial charge in [-0.25, -0.2) is 0 Å². The minimum absolute atomic E-state index is 0.123. The number of rotatable bonds is 3. The topological polar surface area (TPSA) is 12.0 Å². The minimum Gasteiger partial charge on any atom is -0.359 e. The van der Waals surface area contributed by atoms with Gasteiger partial charge in [-0.3, -0.25) is 0 Å². The van der Waals surface area contributed by atoms with E-state index in [0.29, 0.717) is 0 Å². The van der Waals surface area contributed by atoms with E-state index in [9.17, 15) is 0 Å². The monoisotopic (exact) mass is 143 g/mol. The van der Waals surface area contributed by atoms with Crippen LogP contribution >= 0.6 is 0 Å². The summed E-state index contributed by atoms with van der Waals surface area (Å²) in [6.45, 7) is 2.27. The zero-order valence-electron chi connectivity index (χ0n) is 10.7. The molecule has 4 atom stereocenters. The Morgan fingerprint density at radius 3 is 2.70 bits per heavy atom. The first kappa shape index (κ1) is 4.15. The maximum absolute atomic E-state index is 7.77. The van der Waals surface area contributed by atoms with Gasteiger partial charge in [0.15, 0.2) is 0 Å². The fourth-order valence-corrected chi connectivity index (χ4v) is 1.16. The van der Waals surface area contributed by atoms with Gasteiger partial charge in [-0.05, 0) is 13.0 Å². The van der Waals surface area contributed by atoms with Crippen LogP contribution in [0.4, 0.5) is 0 Å². The molecule has 0 spiro atoms. The van der Waals surface area contributed by atoms with Crippen LogP contribution in [0.5, 0.6) is 0 Å². The highest BCUT2D eigenvalue weighted by atomic mass is 14.7. The highest BCUT2D eigenvalue weighted by Crippen LogP contribution is 2.28. The molecule has 1 fully saturated rings. The third kappa shape index (κ3) is 2.33. The largest absolute Gasteiger partial charge is 0.359 e. The van der Waals surface area contributed by atoms with Crippen molar-refractivity contribution >= 4 is 6.85 Å². The van der Waals surface area contributed by atoms with Gasteiger partial charge in [-0.2, -0.15) is 0 Å². The van der Waals surface area contributed by atoms with Crippen molar-refractivity contribution in [2.75, 3.05) is 7.05 Å². The molecule has 0 aliphatic heterocycles. The molecule has 0 amide bonds. The molecule has 58 valence electrons. The Morgan fingerprint density at radius 2 is 2.20 bits per heavy atom. The van der Waals surface area contributed by atoms with E-state index in [1.165, 1.54) is 0 Å². The molecular formula is C8H18BN. The van der Waals surface area contributed by atoms with Crippen molar-refractivity contribution in [1.29, 1.82) is 0 Å². The highest BCUT2D eigenvalue weighted by molar-refractivity contribution is 6.54. The maximum Gasteiger partial charge on any atom is 0.217 e. The molecule has 0 radical (unpaired) electrons. The van der Waals surface area contributed by atoms with Gasteiger partial charge in [-0.15, -0.1) is 0 Å². The standard InChI is InChI=1S/C8H18BN/c1-9(10-2)7-8-5-3-4-6-8/h8,10H,3-7H2,1-2H3/i3D,4D,5D,6D. The smallest absolute Gasteiger partial charge is 0.217 e. The SMILES string of the molecule is [2H]C1C([2H])C([2H])C(CB(C)NC)C1[2H]. The molecule has 1 N–H and O–H groups in total. The lowest BCUT2D eigenvalue weighted by Gasteiger charge is -2.11. The summed E-state index contributed by atoms with van der Waals surface area (Å²) < 4.78 is 30.7. The lowest BCUT2D eigenvalue weighted by Crippen LogP contribution is -2.28. The number of hydrogen-bond acceptors (Lipinski definition) is 1. The minimum atomic E-state index is -0.702. The molecule has 10 heavy (non-hydrogen) atoms. The van der Waals surface area contributed by atoms with E-state index in [4.69, 9.17) is 5.48 Å². The van der Waals surface area contributed by atoms with Crippen molar-refractivity contribution < 1.29 is 5.48 Å². The molecule has 1 aliphatic rings. The summed E-state index contributed by atoms with van der Waals surface area (Å²) in [5, 5.41) is 3.07. The van der Waals surface area contributed by atoms with Gasteiger partial charge in [0.2, 0.25) is 6.85 Å². The zero-order valence-corrected chi connectivity index (χ0v) is 6.67. The molecule has 0 aromatic heterocycles. The summed E-state index contributed by atoms with van der Waals surface area (Å²) >= 11 is 0. The van der Waals surface area contributed by atoms with Gasteiger partial charge < -0.3 is 5.23 Å². The van der Waals surface area contributed by atoms with Crippen LogP contribution in [0.25, 0.3) is 0 Å². The lowest BCUT2D eigenvalue weighted by atomic mass is 9.58. The zero-order chi connectivity index (χ0) is 10.9. The van der Waals surface area contributed by atoms with E-state index >= 15 is 0 Å². The molecule has 1 nitrogen and oxygen atoms in total. The van der Waals surface area contributed by atoms with E-state index in [-0.39, 0.29) is 12.8 Å². The van der Waals surface area contributed by atoms with E-state index in [0.717, 1.165) is 6.32 Å². The van der Waals surface area contributed by atoms with E-state index < -0.39 is 25.6 Å². The third-order valence-electron chi connectivity index (χ3n) is 1.95. The second-order valence-electron chi connectivity index (χ2n) is 2.86. The molecule has 1 aliphatic carbocycles. The van der Waals surface area contributed by atoms with Crippen LogP contribution in [0.3, 0.4) is 0 Å². The van der Waals surface area contributed by atoms with Crippen molar-refractivity contribution in [1.82, 2.24) is 5.23 Å². The Kier molecular flexibility index (Phi) is 1.67. The quantitative estimate of drug-likeness (QED) is 0.596. The predicted molar refractivity (Wildman–Crippen MR) is 47.4 cm³/mol. The summed E-state index contributed by atoms with van der Waals surface area (Å²) in [6.07, 6.45) is -1.80. The lowest BCUT2D eigenvalue weighted by molar-refractivity contribution is 0.602. The van der Waals surface area contributed by atoms with Crippen LogP contribution in [0, 0.1) is 5.92 Å². The molecule has 1 saturated carbocycles. The average Bonchev–Trinajstić information content (AvgIpc) is 2.35. The highest BCUT2D eigenvalue weighted by Gasteiger charge is 2.18. The Hall–Kier alpha value is 0.0249. The first-order chi connectivity index (χ1) is 6.49. The van der Waals surface area contributed by atoms with Crippen molar-refractivity contribution in [3.8, 4) is 0 Å². The van der Waals surface area contributed by atoms with Crippen molar-refractivity contribution in [3.05, 3.63) is 0 Å². The van der Waals surface area contributed by atoms with Crippen molar-refractivity contribution in [2.24, 2.45) is 5.92 Å². The van der Waals surface area contributed by atoms with Gasteiger partial charge in [-0.1, -0.05) is 38.7 Å². The first-order valence-electron chi connectivity index (χ1n) is 6.16. The van der Waals surface area contributed by atoms with Gasteiger partial charge in [0.1, 0.15) is 0 Å². The average molecular weight is 143 g/mol.